The number of hydrogen-bond donors (Lipinski definition) is 1. The predicted molar refractivity (Wildman–Crippen MR) is 153 cm³/mol. The minimum atomic E-state index is -0.624. The van der Waals surface area contributed by atoms with Crippen LogP contribution in [0.15, 0.2) is 84.1 Å². The molecule has 2 aliphatic rings. The van der Waals surface area contributed by atoms with Gasteiger partial charge in [-0.1, -0.05) is 67.8 Å². The molecule has 0 radical (unpaired) electrons. The number of nitro groups is 1. The molecule has 0 spiro atoms. The van der Waals surface area contributed by atoms with Gasteiger partial charge in [0.15, 0.2) is 5.78 Å². The fourth-order valence-electron chi connectivity index (χ4n) is 5.60. The van der Waals surface area contributed by atoms with Crippen molar-refractivity contribution in [2.45, 2.75) is 57.4 Å². The standard InChI is InChI=1S/C31H30ClN3O4/c1-2-3-4-12-29(37)34-27-11-6-5-10-25(27)33-26-18-22(21-8-7-9-24(17-21)35(38)39)19-28(36)30(26)31(34)20-13-15-23(32)16-14-20/h5-11,13-17,22,31,33H,2-4,12,18-19H2,1H3/t22-,31-/m1/s1. The number of nitrogens with one attached hydrogen (secondary N) is 1. The molecule has 3 aromatic carbocycles. The Labute approximate surface area is 232 Å². The Bertz CT molecular complexity index is 1450. The van der Waals surface area contributed by atoms with E-state index in [0.717, 1.165) is 41.8 Å². The largest absolute Gasteiger partial charge is 0.357 e. The smallest absolute Gasteiger partial charge is 0.269 e. The Kier molecular flexibility index (Phi) is 7.79. The van der Waals surface area contributed by atoms with Gasteiger partial charge < -0.3 is 5.32 Å². The highest BCUT2D eigenvalue weighted by Crippen LogP contribution is 2.48. The van der Waals surface area contributed by atoms with Crippen LogP contribution < -0.4 is 10.2 Å². The normalized spacial score (nSPS) is 18.6. The quantitative estimate of drug-likeness (QED) is 0.187. The number of nitro benzene ring substituents is 1. The van der Waals surface area contributed by atoms with Gasteiger partial charge in [0.2, 0.25) is 5.91 Å². The first-order valence-corrected chi connectivity index (χ1v) is 13.7. The van der Waals surface area contributed by atoms with Crippen LogP contribution in [0, 0.1) is 10.1 Å². The van der Waals surface area contributed by atoms with Gasteiger partial charge in [0.25, 0.3) is 5.69 Å². The van der Waals surface area contributed by atoms with E-state index in [1.165, 1.54) is 6.07 Å². The molecule has 0 unspecified atom stereocenters. The minimum absolute atomic E-state index is 0.00166. The molecule has 200 valence electrons. The van der Waals surface area contributed by atoms with Gasteiger partial charge >= 0.3 is 0 Å². The molecule has 8 heteroatoms. The number of hydrogen-bond acceptors (Lipinski definition) is 5. The van der Waals surface area contributed by atoms with Crippen molar-refractivity contribution >= 4 is 40.4 Å². The summed E-state index contributed by atoms with van der Waals surface area (Å²) in [5, 5.41) is 15.5. The van der Waals surface area contributed by atoms with E-state index < -0.39 is 11.0 Å². The lowest BCUT2D eigenvalue weighted by molar-refractivity contribution is -0.384. The summed E-state index contributed by atoms with van der Waals surface area (Å²) in [6, 6.07) is 20.8. The third-order valence-corrected chi connectivity index (χ3v) is 7.74. The van der Waals surface area contributed by atoms with Crippen LogP contribution in [0.2, 0.25) is 5.02 Å². The van der Waals surface area contributed by atoms with E-state index >= 15 is 0 Å². The second-order valence-corrected chi connectivity index (χ2v) is 10.5. The number of ketones is 1. The highest BCUT2D eigenvalue weighted by atomic mass is 35.5. The zero-order valence-corrected chi connectivity index (χ0v) is 22.5. The zero-order valence-electron chi connectivity index (χ0n) is 21.7. The lowest BCUT2D eigenvalue weighted by Gasteiger charge is -2.35. The van der Waals surface area contributed by atoms with Crippen LogP contribution in [-0.4, -0.2) is 16.6 Å². The third kappa shape index (κ3) is 5.45. The Morgan fingerprint density at radius 1 is 1.03 bits per heavy atom. The molecule has 39 heavy (non-hydrogen) atoms. The monoisotopic (exact) mass is 543 g/mol. The van der Waals surface area contributed by atoms with Crippen LogP contribution in [-0.2, 0) is 9.59 Å². The van der Waals surface area contributed by atoms with Crippen molar-refractivity contribution < 1.29 is 14.5 Å². The molecular formula is C31H30ClN3O4. The average Bonchev–Trinajstić information content (AvgIpc) is 3.08. The van der Waals surface area contributed by atoms with Gasteiger partial charge in [-0.3, -0.25) is 24.6 Å². The summed E-state index contributed by atoms with van der Waals surface area (Å²) < 4.78 is 0. The Morgan fingerprint density at radius 2 is 1.79 bits per heavy atom. The second kappa shape index (κ2) is 11.4. The van der Waals surface area contributed by atoms with Gasteiger partial charge in [-0.2, -0.15) is 0 Å². The molecule has 0 bridgehead atoms. The van der Waals surface area contributed by atoms with Gasteiger partial charge in [0, 0.05) is 41.3 Å². The predicted octanol–water partition coefficient (Wildman–Crippen LogP) is 7.73. The number of fused-ring (bicyclic) bond motifs is 1. The van der Waals surface area contributed by atoms with E-state index in [0.29, 0.717) is 29.1 Å². The first-order valence-electron chi connectivity index (χ1n) is 13.3. The molecule has 1 amide bonds. The average molecular weight is 544 g/mol. The molecule has 5 rings (SSSR count). The maximum atomic E-state index is 14.0. The van der Waals surface area contributed by atoms with Crippen molar-refractivity contribution in [3.05, 3.63) is 110 Å². The summed E-state index contributed by atoms with van der Waals surface area (Å²) in [5.41, 5.74) is 4.31. The van der Waals surface area contributed by atoms with Crippen LogP contribution in [0.1, 0.15) is 68.5 Å². The molecule has 1 aliphatic carbocycles. The van der Waals surface area contributed by atoms with E-state index in [4.69, 9.17) is 11.6 Å². The number of nitrogens with zero attached hydrogens (tertiary/aromatic N) is 2. The summed E-state index contributed by atoms with van der Waals surface area (Å²) in [6.45, 7) is 2.10. The fraction of sp³-hybridized carbons (Fsp3) is 0.290. The summed E-state index contributed by atoms with van der Waals surface area (Å²) in [5.74, 6) is -0.354. The number of carbonyl (C=O) groups excluding carboxylic acids is 2. The van der Waals surface area contributed by atoms with Crippen molar-refractivity contribution in [3.63, 3.8) is 0 Å². The highest BCUT2D eigenvalue weighted by Gasteiger charge is 2.41. The molecular weight excluding hydrogens is 514 g/mol. The SMILES string of the molecule is CCCCCC(=O)N1c2ccccc2NC2=C(C(=O)C[C@H](c3cccc([N+](=O)[O-])c3)C2)[C@H]1c1ccc(Cl)cc1. The number of benzene rings is 3. The van der Waals surface area contributed by atoms with Crippen molar-refractivity contribution in [1.82, 2.24) is 0 Å². The second-order valence-electron chi connectivity index (χ2n) is 10.1. The molecule has 1 aliphatic heterocycles. The van der Waals surface area contributed by atoms with Crippen molar-refractivity contribution in [2.24, 2.45) is 0 Å². The number of unbranched alkanes of at least 4 members (excludes halogenated alkanes) is 2. The van der Waals surface area contributed by atoms with Crippen LogP contribution in [0.25, 0.3) is 0 Å². The lowest BCUT2D eigenvalue weighted by atomic mass is 9.78. The van der Waals surface area contributed by atoms with Gasteiger partial charge in [-0.05, 0) is 54.2 Å². The Balaban J connectivity index is 1.65. The fourth-order valence-corrected chi connectivity index (χ4v) is 5.73. The number of anilines is 2. The Morgan fingerprint density at radius 3 is 2.54 bits per heavy atom. The molecule has 1 heterocycles. The van der Waals surface area contributed by atoms with Crippen LogP contribution >= 0.6 is 11.6 Å². The topological polar surface area (TPSA) is 92.6 Å². The molecule has 2 atom stereocenters. The first kappa shape index (κ1) is 26.6. The van der Waals surface area contributed by atoms with Crippen LogP contribution in [0.3, 0.4) is 0 Å². The lowest BCUT2D eigenvalue weighted by Crippen LogP contribution is -2.38. The number of non-ortho nitro benzene ring substituents is 1. The maximum absolute atomic E-state index is 14.0. The number of rotatable bonds is 7. The van der Waals surface area contributed by atoms with Gasteiger partial charge in [-0.15, -0.1) is 0 Å². The van der Waals surface area contributed by atoms with Gasteiger partial charge in [0.05, 0.1) is 22.3 Å². The third-order valence-electron chi connectivity index (χ3n) is 7.49. The van der Waals surface area contributed by atoms with Crippen molar-refractivity contribution in [1.29, 1.82) is 0 Å². The molecule has 0 aromatic heterocycles. The molecule has 0 fully saturated rings. The molecule has 7 nitrogen and oxygen atoms in total. The van der Waals surface area contributed by atoms with E-state index in [1.807, 2.05) is 42.5 Å². The van der Waals surface area contributed by atoms with E-state index in [1.54, 1.807) is 29.2 Å². The van der Waals surface area contributed by atoms with E-state index in [9.17, 15) is 19.7 Å². The first-order chi connectivity index (χ1) is 18.9. The number of carbonyl (C=O) groups is 2. The van der Waals surface area contributed by atoms with Gasteiger partial charge in [-0.25, -0.2) is 0 Å². The maximum Gasteiger partial charge on any atom is 0.269 e. The van der Waals surface area contributed by atoms with Crippen LogP contribution in [0.4, 0.5) is 17.1 Å². The molecule has 0 saturated heterocycles. The molecule has 3 aromatic rings. The number of para-hydroxylation sites is 2. The van der Waals surface area contributed by atoms with Crippen LogP contribution in [0.5, 0.6) is 0 Å². The summed E-state index contributed by atoms with van der Waals surface area (Å²) in [7, 11) is 0. The van der Waals surface area contributed by atoms with Gasteiger partial charge in [0.1, 0.15) is 0 Å². The zero-order chi connectivity index (χ0) is 27.5. The molecule has 1 N–H and O–H groups in total. The summed E-state index contributed by atoms with van der Waals surface area (Å²) >= 11 is 6.22. The minimum Gasteiger partial charge on any atom is -0.357 e. The summed E-state index contributed by atoms with van der Waals surface area (Å²) in [6.07, 6.45) is 3.77. The van der Waals surface area contributed by atoms with Crippen molar-refractivity contribution in [2.75, 3.05) is 10.2 Å². The number of Topliss-reactive ketones (excluding diaryl/α,β-unsaturated/α-hetero) is 1. The number of halogens is 1. The Hall–Kier alpha value is -3.97. The molecule has 0 saturated carbocycles. The van der Waals surface area contributed by atoms with E-state index in [2.05, 4.69) is 12.2 Å². The van der Waals surface area contributed by atoms with E-state index in [-0.39, 0.29) is 29.7 Å². The number of allylic oxidation sites excluding steroid dienone is 1. The summed E-state index contributed by atoms with van der Waals surface area (Å²) in [4.78, 5) is 40.7. The number of amides is 1. The highest BCUT2D eigenvalue weighted by molar-refractivity contribution is 6.30. The van der Waals surface area contributed by atoms with Crippen molar-refractivity contribution in [3.8, 4) is 0 Å².